The molecule has 2 N–H and O–H groups in total. The maximum absolute atomic E-state index is 6.11. The molecule has 1 atom stereocenters. The van der Waals surface area contributed by atoms with Gasteiger partial charge in [-0.15, -0.1) is 0 Å². The largest absolute Gasteiger partial charge is 0.324 e. The predicted molar refractivity (Wildman–Crippen MR) is 65.8 cm³/mol. The second-order valence-electron chi connectivity index (χ2n) is 3.81. The number of aryl methyl sites for hydroxylation is 2. The summed E-state index contributed by atoms with van der Waals surface area (Å²) >= 11 is 1.85. The number of rotatable bonds is 4. The second kappa shape index (κ2) is 5.42. The molecule has 2 heteroatoms. The lowest BCUT2D eigenvalue weighted by Gasteiger charge is -2.12. The summed E-state index contributed by atoms with van der Waals surface area (Å²) in [7, 11) is 0. The first kappa shape index (κ1) is 11.6. The molecule has 0 spiro atoms. The molecule has 14 heavy (non-hydrogen) atoms. The van der Waals surface area contributed by atoms with Crippen LogP contribution in [0.25, 0.3) is 0 Å². The molecule has 0 aliphatic rings. The van der Waals surface area contributed by atoms with Gasteiger partial charge in [-0.1, -0.05) is 29.3 Å². The zero-order valence-electron chi connectivity index (χ0n) is 9.21. The maximum atomic E-state index is 6.11. The Balaban J connectivity index is 2.73. The molecule has 0 saturated carbocycles. The van der Waals surface area contributed by atoms with Gasteiger partial charge in [-0.05, 0) is 37.8 Å². The molecule has 1 nitrogen and oxygen atoms in total. The molecular weight excluding hydrogens is 190 g/mol. The Kier molecular flexibility index (Phi) is 4.49. The molecule has 78 valence electrons. The van der Waals surface area contributed by atoms with Gasteiger partial charge < -0.3 is 5.73 Å². The molecule has 0 amide bonds. The van der Waals surface area contributed by atoms with E-state index in [2.05, 4.69) is 38.3 Å². The monoisotopic (exact) mass is 209 g/mol. The summed E-state index contributed by atoms with van der Waals surface area (Å²) in [6, 6.07) is 6.77. The fourth-order valence-electron chi connectivity index (χ4n) is 1.64. The number of hydrogen-bond acceptors (Lipinski definition) is 2. The van der Waals surface area contributed by atoms with Crippen LogP contribution in [0.2, 0.25) is 0 Å². The fraction of sp³-hybridized carbons (Fsp3) is 0.500. The van der Waals surface area contributed by atoms with Crippen molar-refractivity contribution in [1.82, 2.24) is 0 Å². The van der Waals surface area contributed by atoms with E-state index in [-0.39, 0.29) is 6.04 Å². The summed E-state index contributed by atoms with van der Waals surface area (Å²) in [5.74, 6) is 1.13. The van der Waals surface area contributed by atoms with E-state index in [1.807, 2.05) is 11.8 Å². The third-order valence-electron chi connectivity index (χ3n) is 2.31. The minimum atomic E-state index is 0.195. The van der Waals surface area contributed by atoms with Crippen LogP contribution in [-0.2, 0) is 0 Å². The predicted octanol–water partition coefficient (Wildman–Crippen LogP) is 3.06. The minimum absolute atomic E-state index is 0.195. The van der Waals surface area contributed by atoms with Crippen molar-refractivity contribution in [3.05, 3.63) is 34.9 Å². The third kappa shape index (κ3) is 3.35. The van der Waals surface area contributed by atoms with Gasteiger partial charge in [0.05, 0.1) is 0 Å². The molecule has 0 heterocycles. The average molecular weight is 209 g/mol. The lowest BCUT2D eigenvalue weighted by molar-refractivity contribution is 0.704. The van der Waals surface area contributed by atoms with Crippen molar-refractivity contribution in [1.29, 1.82) is 0 Å². The molecule has 0 aliphatic carbocycles. The third-order valence-corrected chi connectivity index (χ3v) is 2.95. The van der Waals surface area contributed by atoms with Gasteiger partial charge >= 0.3 is 0 Å². The van der Waals surface area contributed by atoms with Gasteiger partial charge in [-0.3, -0.25) is 0 Å². The highest BCUT2D eigenvalue weighted by atomic mass is 32.2. The molecule has 0 radical (unpaired) electrons. The van der Waals surface area contributed by atoms with Crippen molar-refractivity contribution in [2.45, 2.75) is 26.3 Å². The standard InChI is InChI=1S/C12H19NS/c1-9-6-10(2)8-11(7-9)12(13)4-5-14-3/h6-8,12H,4-5,13H2,1-3H3. The lowest BCUT2D eigenvalue weighted by atomic mass is 10.0. The molecule has 0 fully saturated rings. The van der Waals surface area contributed by atoms with Gasteiger partial charge in [0, 0.05) is 6.04 Å². The summed E-state index contributed by atoms with van der Waals surface area (Å²) < 4.78 is 0. The van der Waals surface area contributed by atoms with Gasteiger partial charge in [0.25, 0.3) is 0 Å². The van der Waals surface area contributed by atoms with Crippen molar-refractivity contribution in [3.63, 3.8) is 0 Å². The minimum Gasteiger partial charge on any atom is -0.324 e. The topological polar surface area (TPSA) is 26.0 Å². The molecule has 1 aromatic carbocycles. The van der Waals surface area contributed by atoms with E-state index in [0.717, 1.165) is 12.2 Å². The van der Waals surface area contributed by atoms with E-state index in [1.165, 1.54) is 16.7 Å². The molecule has 0 aliphatic heterocycles. The van der Waals surface area contributed by atoms with Gasteiger partial charge in [0.15, 0.2) is 0 Å². The number of benzene rings is 1. The molecule has 1 unspecified atom stereocenters. The van der Waals surface area contributed by atoms with Crippen LogP contribution >= 0.6 is 11.8 Å². The van der Waals surface area contributed by atoms with E-state index in [9.17, 15) is 0 Å². The average Bonchev–Trinajstić information content (AvgIpc) is 2.12. The number of thioether (sulfide) groups is 1. The highest BCUT2D eigenvalue weighted by Crippen LogP contribution is 2.18. The van der Waals surface area contributed by atoms with E-state index in [1.54, 1.807) is 0 Å². The van der Waals surface area contributed by atoms with Crippen molar-refractivity contribution in [3.8, 4) is 0 Å². The molecule has 0 bridgehead atoms. The van der Waals surface area contributed by atoms with Crippen LogP contribution in [0.3, 0.4) is 0 Å². The Morgan fingerprint density at radius 1 is 1.21 bits per heavy atom. The zero-order chi connectivity index (χ0) is 10.6. The van der Waals surface area contributed by atoms with Crippen molar-refractivity contribution >= 4 is 11.8 Å². The van der Waals surface area contributed by atoms with Crippen LogP contribution in [0.4, 0.5) is 0 Å². The van der Waals surface area contributed by atoms with Crippen LogP contribution in [0.15, 0.2) is 18.2 Å². The van der Waals surface area contributed by atoms with Crippen LogP contribution in [0.1, 0.15) is 29.2 Å². The first-order valence-corrected chi connectivity index (χ1v) is 6.35. The number of nitrogens with two attached hydrogens (primary N) is 1. The van der Waals surface area contributed by atoms with Gasteiger partial charge in [0.1, 0.15) is 0 Å². The Hall–Kier alpha value is -0.470. The highest BCUT2D eigenvalue weighted by Gasteiger charge is 2.05. The van der Waals surface area contributed by atoms with Gasteiger partial charge in [0.2, 0.25) is 0 Å². The summed E-state index contributed by atoms with van der Waals surface area (Å²) in [5, 5.41) is 0. The first-order chi connectivity index (χ1) is 6.63. The summed E-state index contributed by atoms with van der Waals surface area (Å²) in [6.45, 7) is 4.25. The highest BCUT2D eigenvalue weighted by molar-refractivity contribution is 7.98. The molecule has 0 saturated heterocycles. The van der Waals surface area contributed by atoms with Crippen LogP contribution < -0.4 is 5.73 Å². The van der Waals surface area contributed by atoms with Crippen molar-refractivity contribution < 1.29 is 0 Å². The summed E-state index contributed by atoms with van der Waals surface area (Å²) in [4.78, 5) is 0. The quantitative estimate of drug-likeness (QED) is 0.825. The number of hydrogen-bond donors (Lipinski definition) is 1. The van der Waals surface area contributed by atoms with Gasteiger partial charge in [-0.2, -0.15) is 11.8 Å². The molecule has 1 rings (SSSR count). The van der Waals surface area contributed by atoms with Crippen LogP contribution in [0, 0.1) is 13.8 Å². The van der Waals surface area contributed by atoms with E-state index in [4.69, 9.17) is 5.73 Å². The lowest BCUT2D eigenvalue weighted by Crippen LogP contribution is -2.11. The van der Waals surface area contributed by atoms with E-state index in [0.29, 0.717) is 0 Å². The Morgan fingerprint density at radius 2 is 1.79 bits per heavy atom. The Labute approximate surface area is 91.1 Å². The van der Waals surface area contributed by atoms with E-state index >= 15 is 0 Å². The SMILES string of the molecule is CSCCC(N)c1cc(C)cc(C)c1. The molecule has 0 aromatic heterocycles. The van der Waals surface area contributed by atoms with Crippen molar-refractivity contribution in [2.24, 2.45) is 5.73 Å². The van der Waals surface area contributed by atoms with Crippen LogP contribution in [-0.4, -0.2) is 12.0 Å². The van der Waals surface area contributed by atoms with Gasteiger partial charge in [-0.25, -0.2) is 0 Å². The second-order valence-corrected chi connectivity index (χ2v) is 4.79. The van der Waals surface area contributed by atoms with Crippen LogP contribution in [0.5, 0.6) is 0 Å². The first-order valence-electron chi connectivity index (χ1n) is 4.96. The summed E-state index contributed by atoms with van der Waals surface area (Å²) in [5.41, 5.74) is 9.99. The Bertz CT molecular complexity index is 276. The van der Waals surface area contributed by atoms with Crippen molar-refractivity contribution in [2.75, 3.05) is 12.0 Å². The maximum Gasteiger partial charge on any atom is 0.0302 e. The van der Waals surface area contributed by atoms with E-state index < -0.39 is 0 Å². The molecule has 1 aromatic rings. The molecular formula is C12H19NS. The normalized spacial score (nSPS) is 12.9. The smallest absolute Gasteiger partial charge is 0.0302 e. The zero-order valence-corrected chi connectivity index (χ0v) is 10.0. The Morgan fingerprint density at radius 3 is 2.29 bits per heavy atom. The summed E-state index contributed by atoms with van der Waals surface area (Å²) in [6.07, 6.45) is 3.18. The fourth-order valence-corrected chi connectivity index (χ4v) is 2.13.